The Morgan fingerprint density at radius 1 is 1.20 bits per heavy atom. The van der Waals surface area contributed by atoms with Crippen LogP contribution in [-0.4, -0.2) is 36.2 Å². The number of likely N-dealkylation sites (tertiary alicyclic amines) is 1. The first kappa shape index (κ1) is 13.0. The summed E-state index contributed by atoms with van der Waals surface area (Å²) in [7, 11) is 0. The van der Waals surface area contributed by atoms with Crippen molar-refractivity contribution in [3.8, 4) is 0 Å². The lowest BCUT2D eigenvalue weighted by molar-refractivity contribution is 0.174. The summed E-state index contributed by atoms with van der Waals surface area (Å²) in [5.74, 6) is 2.18. The standard InChI is InChI=1S/C13H27NO/c1-11(2)13-5-4-7-14(8-6-13)9-12(3)10-15/h11-13,15H,4-10H2,1-3H3. The van der Waals surface area contributed by atoms with E-state index in [2.05, 4.69) is 25.7 Å². The van der Waals surface area contributed by atoms with Crippen LogP contribution in [0.5, 0.6) is 0 Å². The average Bonchev–Trinajstić information content (AvgIpc) is 2.43. The van der Waals surface area contributed by atoms with Gasteiger partial charge in [0, 0.05) is 13.2 Å². The Bertz CT molecular complexity index is 170. The van der Waals surface area contributed by atoms with Gasteiger partial charge in [0.15, 0.2) is 0 Å². The number of rotatable bonds is 4. The van der Waals surface area contributed by atoms with E-state index in [0.717, 1.165) is 18.4 Å². The van der Waals surface area contributed by atoms with Crippen LogP contribution >= 0.6 is 0 Å². The van der Waals surface area contributed by atoms with Crippen molar-refractivity contribution in [3.63, 3.8) is 0 Å². The second-order valence-electron chi connectivity index (χ2n) is 5.52. The normalized spacial score (nSPS) is 26.6. The molecule has 0 aromatic rings. The third-order valence-corrected chi connectivity index (χ3v) is 3.69. The summed E-state index contributed by atoms with van der Waals surface area (Å²) >= 11 is 0. The predicted octanol–water partition coefficient (Wildman–Crippen LogP) is 2.37. The van der Waals surface area contributed by atoms with Gasteiger partial charge in [-0.3, -0.25) is 0 Å². The maximum atomic E-state index is 9.05. The van der Waals surface area contributed by atoms with Crippen LogP contribution in [0.4, 0.5) is 0 Å². The van der Waals surface area contributed by atoms with Crippen LogP contribution in [0.2, 0.25) is 0 Å². The number of nitrogens with zero attached hydrogens (tertiary/aromatic N) is 1. The van der Waals surface area contributed by atoms with E-state index < -0.39 is 0 Å². The Morgan fingerprint density at radius 3 is 2.53 bits per heavy atom. The maximum absolute atomic E-state index is 9.05. The summed E-state index contributed by atoms with van der Waals surface area (Å²) in [4.78, 5) is 2.53. The largest absolute Gasteiger partial charge is 0.396 e. The number of aliphatic hydroxyl groups excluding tert-OH is 1. The van der Waals surface area contributed by atoms with Crippen molar-refractivity contribution in [3.05, 3.63) is 0 Å². The molecule has 0 aromatic heterocycles. The molecular formula is C13H27NO. The molecule has 1 aliphatic heterocycles. The Hall–Kier alpha value is -0.0800. The zero-order valence-electron chi connectivity index (χ0n) is 10.6. The van der Waals surface area contributed by atoms with Crippen molar-refractivity contribution in [2.24, 2.45) is 17.8 Å². The van der Waals surface area contributed by atoms with Crippen LogP contribution in [0, 0.1) is 17.8 Å². The minimum Gasteiger partial charge on any atom is -0.396 e. The second kappa shape index (κ2) is 6.49. The van der Waals surface area contributed by atoms with Crippen molar-refractivity contribution >= 4 is 0 Å². The molecule has 1 heterocycles. The molecule has 2 heteroatoms. The minimum absolute atomic E-state index is 0.324. The molecule has 2 nitrogen and oxygen atoms in total. The van der Waals surface area contributed by atoms with Crippen LogP contribution in [0.3, 0.4) is 0 Å². The number of hydrogen-bond donors (Lipinski definition) is 1. The van der Waals surface area contributed by atoms with Gasteiger partial charge in [0.1, 0.15) is 0 Å². The third-order valence-electron chi connectivity index (χ3n) is 3.69. The van der Waals surface area contributed by atoms with E-state index in [-0.39, 0.29) is 0 Å². The van der Waals surface area contributed by atoms with Crippen molar-refractivity contribution < 1.29 is 5.11 Å². The van der Waals surface area contributed by atoms with Gasteiger partial charge in [-0.1, -0.05) is 20.8 Å². The van der Waals surface area contributed by atoms with Gasteiger partial charge in [-0.25, -0.2) is 0 Å². The van der Waals surface area contributed by atoms with Crippen LogP contribution in [-0.2, 0) is 0 Å². The fraction of sp³-hybridized carbons (Fsp3) is 1.00. The molecular weight excluding hydrogens is 186 g/mol. The van der Waals surface area contributed by atoms with Gasteiger partial charge in [-0.2, -0.15) is 0 Å². The van der Waals surface area contributed by atoms with Gasteiger partial charge in [-0.05, 0) is 50.1 Å². The molecule has 1 saturated heterocycles. The van der Waals surface area contributed by atoms with E-state index in [9.17, 15) is 0 Å². The highest BCUT2D eigenvalue weighted by Gasteiger charge is 2.20. The molecule has 0 saturated carbocycles. The van der Waals surface area contributed by atoms with Gasteiger partial charge in [-0.15, -0.1) is 0 Å². The first-order valence-electron chi connectivity index (χ1n) is 6.46. The molecule has 1 aliphatic rings. The van der Waals surface area contributed by atoms with Gasteiger partial charge in [0.05, 0.1) is 0 Å². The molecule has 15 heavy (non-hydrogen) atoms. The van der Waals surface area contributed by atoms with E-state index >= 15 is 0 Å². The SMILES string of the molecule is CC(CO)CN1CCCC(C(C)C)CC1. The topological polar surface area (TPSA) is 23.5 Å². The van der Waals surface area contributed by atoms with Gasteiger partial charge >= 0.3 is 0 Å². The lowest BCUT2D eigenvalue weighted by Gasteiger charge is -2.23. The Kier molecular flexibility index (Phi) is 5.62. The lowest BCUT2D eigenvalue weighted by atomic mass is 9.89. The van der Waals surface area contributed by atoms with E-state index in [4.69, 9.17) is 5.11 Å². The van der Waals surface area contributed by atoms with E-state index in [1.165, 1.54) is 32.4 Å². The molecule has 0 amide bonds. The van der Waals surface area contributed by atoms with E-state index in [1.54, 1.807) is 0 Å². The van der Waals surface area contributed by atoms with E-state index in [0.29, 0.717) is 12.5 Å². The predicted molar refractivity (Wildman–Crippen MR) is 64.9 cm³/mol. The molecule has 2 atom stereocenters. The van der Waals surface area contributed by atoms with Crippen LogP contribution < -0.4 is 0 Å². The highest BCUT2D eigenvalue weighted by molar-refractivity contribution is 4.73. The summed E-state index contributed by atoms with van der Waals surface area (Å²) in [6.07, 6.45) is 4.07. The summed E-state index contributed by atoms with van der Waals surface area (Å²) in [5.41, 5.74) is 0. The van der Waals surface area contributed by atoms with Gasteiger partial charge in [0.2, 0.25) is 0 Å². The molecule has 1 fully saturated rings. The van der Waals surface area contributed by atoms with Crippen molar-refractivity contribution in [1.29, 1.82) is 0 Å². The molecule has 0 aliphatic carbocycles. The fourth-order valence-electron chi connectivity index (χ4n) is 2.53. The first-order valence-corrected chi connectivity index (χ1v) is 6.46. The lowest BCUT2D eigenvalue weighted by Crippen LogP contribution is -2.31. The summed E-state index contributed by atoms with van der Waals surface area (Å²) < 4.78 is 0. The smallest absolute Gasteiger partial charge is 0.0468 e. The zero-order valence-corrected chi connectivity index (χ0v) is 10.6. The monoisotopic (exact) mass is 213 g/mol. The van der Waals surface area contributed by atoms with Crippen LogP contribution in [0.25, 0.3) is 0 Å². The third kappa shape index (κ3) is 4.52. The Balaban J connectivity index is 2.32. The van der Waals surface area contributed by atoms with Crippen molar-refractivity contribution in [2.75, 3.05) is 26.2 Å². The van der Waals surface area contributed by atoms with Gasteiger partial charge < -0.3 is 10.0 Å². The summed E-state index contributed by atoms with van der Waals surface area (Å²) in [6.45, 7) is 10.7. The summed E-state index contributed by atoms with van der Waals surface area (Å²) in [5, 5.41) is 9.05. The zero-order chi connectivity index (χ0) is 11.3. The van der Waals surface area contributed by atoms with Crippen LogP contribution in [0.15, 0.2) is 0 Å². The van der Waals surface area contributed by atoms with Crippen molar-refractivity contribution in [1.82, 2.24) is 4.90 Å². The minimum atomic E-state index is 0.324. The Labute approximate surface area is 94.7 Å². The van der Waals surface area contributed by atoms with Crippen LogP contribution in [0.1, 0.15) is 40.0 Å². The van der Waals surface area contributed by atoms with Gasteiger partial charge in [0.25, 0.3) is 0 Å². The summed E-state index contributed by atoms with van der Waals surface area (Å²) in [6, 6.07) is 0. The molecule has 0 aromatic carbocycles. The number of aliphatic hydroxyl groups is 1. The quantitative estimate of drug-likeness (QED) is 0.775. The molecule has 1 N–H and O–H groups in total. The number of hydrogen-bond acceptors (Lipinski definition) is 2. The maximum Gasteiger partial charge on any atom is 0.0468 e. The molecule has 0 bridgehead atoms. The molecule has 2 unspecified atom stereocenters. The molecule has 1 rings (SSSR count). The molecule has 0 radical (unpaired) electrons. The average molecular weight is 213 g/mol. The highest BCUT2D eigenvalue weighted by atomic mass is 16.3. The molecule has 90 valence electrons. The van der Waals surface area contributed by atoms with Crippen molar-refractivity contribution in [2.45, 2.75) is 40.0 Å². The van der Waals surface area contributed by atoms with E-state index in [1.807, 2.05) is 0 Å². The Morgan fingerprint density at radius 2 is 1.93 bits per heavy atom. The molecule has 0 spiro atoms. The highest BCUT2D eigenvalue weighted by Crippen LogP contribution is 2.24. The fourth-order valence-corrected chi connectivity index (χ4v) is 2.53. The first-order chi connectivity index (χ1) is 7.13. The second-order valence-corrected chi connectivity index (χ2v) is 5.52.